The molecule has 1 aromatic rings. The molecule has 2 aliphatic rings. The molecule has 4 heteroatoms. The van der Waals surface area contributed by atoms with Crippen LogP contribution in [0.25, 0.3) is 0 Å². The number of phenols is 1. The molecule has 84 valence electrons. The Morgan fingerprint density at radius 2 is 2.06 bits per heavy atom. The van der Waals surface area contributed by atoms with Gasteiger partial charge < -0.3 is 15.2 Å². The Hall–Kier alpha value is -1.55. The molecule has 0 saturated carbocycles. The largest absolute Gasteiger partial charge is 0.504 e. The second kappa shape index (κ2) is 3.22. The predicted molar refractivity (Wildman–Crippen MR) is 57.5 cm³/mol. The van der Waals surface area contributed by atoms with Gasteiger partial charge in [-0.15, -0.1) is 0 Å². The number of piperidine rings is 1. The number of nitrogens with one attached hydrogen (secondary N) is 1. The average Bonchev–Trinajstić information content (AvgIpc) is 2.57. The molecule has 1 aromatic carbocycles. The van der Waals surface area contributed by atoms with Crippen LogP contribution < -0.4 is 10.1 Å². The van der Waals surface area contributed by atoms with Crippen molar-refractivity contribution in [1.82, 2.24) is 5.32 Å². The summed E-state index contributed by atoms with van der Waals surface area (Å²) < 4.78 is 5.21. The van der Waals surface area contributed by atoms with Gasteiger partial charge in [0.25, 0.3) is 0 Å². The lowest BCUT2D eigenvalue weighted by Gasteiger charge is -2.30. The summed E-state index contributed by atoms with van der Waals surface area (Å²) in [6.07, 6.45) is 1.48. The molecule has 2 aliphatic heterocycles. The van der Waals surface area contributed by atoms with E-state index in [0.29, 0.717) is 5.75 Å². The maximum absolute atomic E-state index is 12.0. The van der Waals surface area contributed by atoms with Crippen molar-refractivity contribution in [2.75, 3.05) is 13.1 Å². The smallest absolute Gasteiger partial charge is 0.322 e. The van der Waals surface area contributed by atoms with Crippen molar-refractivity contribution in [1.29, 1.82) is 0 Å². The third-order valence-corrected chi connectivity index (χ3v) is 3.55. The zero-order chi connectivity index (χ0) is 11.2. The summed E-state index contributed by atoms with van der Waals surface area (Å²) in [5, 5.41) is 12.9. The van der Waals surface area contributed by atoms with Gasteiger partial charge in [-0.1, -0.05) is 12.1 Å². The summed E-state index contributed by atoms with van der Waals surface area (Å²) >= 11 is 0. The normalized spacial score (nSPS) is 21.9. The van der Waals surface area contributed by atoms with E-state index in [-0.39, 0.29) is 11.7 Å². The van der Waals surface area contributed by atoms with Gasteiger partial charge >= 0.3 is 5.97 Å². The second-order valence-electron chi connectivity index (χ2n) is 4.38. The van der Waals surface area contributed by atoms with Crippen molar-refractivity contribution >= 4 is 5.97 Å². The van der Waals surface area contributed by atoms with Crippen LogP contribution in [-0.4, -0.2) is 24.2 Å². The standard InChI is InChI=1S/C12H13NO3/c14-9-3-1-2-8-10(9)16-11(15)12(8)4-6-13-7-5-12/h1-3,13-14H,4-7H2. The third-order valence-electron chi connectivity index (χ3n) is 3.55. The molecule has 3 rings (SSSR count). The molecule has 1 spiro atoms. The monoisotopic (exact) mass is 219 g/mol. The first-order valence-electron chi connectivity index (χ1n) is 5.49. The number of rotatable bonds is 0. The number of hydrogen-bond donors (Lipinski definition) is 2. The Kier molecular flexibility index (Phi) is 1.94. The number of phenolic OH excluding ortho intramolecular Hbond substituents is 1. The van der Waals surface area contributed by atoms with Gasteiger partial charge in [0, 0.05) is 5.56 Å². The zero-order valence-corrected chi connectivity index (χ0v) is 8.82. The highest BCUT2D eigenvalue weighted by atomic mass is 16.5. The highest BCUT2D eigenvalue weighted by molar-refractivity contribution is 5.91. The van der Waals surface area contributed by atoms with E-state index < -0.39 is 5.41 Å². The Morgan fingerprint density at radius 3 is 2.81 bits per heavy atom. The number of carbonyl (C=O) groups is 1. The lowest BCUT2D eigenvalue weighted by Crippen LogP contribution is -2.44. The number of aromatic hydroxyl groups is 1. The summed E-state index contributed by atoms with van der Waals surface area (Å²) in [6, 6.07) is 5.19. The Balaban J connectivity index is 2.15. The SMILES string of the molecule is O=C1Oc2c(O)cccc2C12CCNCC2. The van der Waals surface area contributed by atoms with Crippen molar-refractivity contribution in [3.05, 3.63) is 23.8 Å². The van der Waals surface area contributed by atoms with Gasteiger partial charge in [0.1, 0.15) is 0 Å². The van der Waals surface area contributed by atoms with Gasteiger partial charge in [-0.05, 0) is 32.0 Å². The van der Waals surface area contributed by atoms with Crippen LogP contribution in [0.1, 0.15) is 18.4 Å². The van der Waals surface area contributed by atoms with Gasteiger partial charge in [-0.2, -0.15) is 0 Å². The average molecular weight is 219 g/mol. The molecule has 0 atom stereocenters. The molecule has 0 bridgehead atoms. The molecule has 4 nitrogen and oxygen atoms in total. The number of ether oxygens (including phenoxy) is 1. The molecular formula is C12H13NO3. The number of carbonyl (C=O) groups excluding carboxylic acids is 1. The third kappa shape index (κ3) is 1.10. The highest BCUT2D eigenvalue weighted by Gasteiger charge is 2.50. The van der Waals surface area contributed by atoms with Crippen molar-refractivity contribution in [3.63, 3.8) is 0 Å². The lowest BCUT2D eigenvalue weighted by atomic mass is 9.74. The molecule has 1 fully saturated rings. The predicted octanol–water partition coefficient (Wildman–Crippen LogP) is 0.932. The summed E-state index contributed by atoms with van der Waals surface area (Å²) in [4.78, 5) is 12.0. The summed E-state index contributed by atoms with van der Waals surface area (Å²) in [6.45, 7) is 1.62. The number of para-hydroxylation sites is 1. The number of hydrogen-bond acceptors (Lipinski definition) is 4. The minimum Gasteiger partial charge on any atom is -0.504 e. The van der Waals surface area contributed by atoms with Crippen molar-refractivity contribution in [2.45, 2.75) is 18.3 Å². The number of esters is 1. The van der Waals surface area contributed by atoms with E-state index in [1.54, 1.807) is 12.1 Å². The van der Waals surface area contributed by atoms with E-state index in [4.69, 9.17) is 4.74 Å². The first kappa shape index (κ1) is 9.66. The van der Waals surface area contributed by atoms with Gasteiger partial charge in [0.05, 0.1) is 5.41 Å². The first-order valence-corrected chi connectivity index (χ1v) is 5.49. The fraction of sp³-hybridized carbons (Fsp3) is 0.417. The Labute approximate surface area is 93.2 Å². The molecule has 0 radical (unpaired) electrons. The van der Waals surface area contributed by atoms with Crippen LogP contribution in [0.3, 0.4) is 0 Å². The fourth-order valence-electron chi connectivity index (χ4n) is 2.64. The maximum Gasteiger partial charge on any atom is 0.322 e. The quantitative estimate of drug-likeness (QED) is 0.503. The Bertz CT molecular complexity index is 450. The van der Waals surface area contributed by atoms with Crippen LogP contribution in [-0.2, 0) is 10.2 Å². The first-order chi connectivity index (χ1) is 7.74. The molecule has 1 saturated heterocycles. The number of benzene rings is 1. The van der Waals surface area contributed by atoms with Gasteiger partial charge in [-0.3, -0.25) is 4.79 Å². The van der Waals surface area contributed by atoms with E-state index in [9.17, 15) is 9.90 Å². The van der Waals surface area contributed by atoms with Crippen LogP contribution in [0.2, 0.25) is 0 Å². The zero-order valence-electron chi connectivity index (χ0n) is 8.82. The second-order valence-corrected chi connectivity index (χ2v) is 4.38. The van der Waals surface area contributed by atoms with Gasteiger partial charge in [0.2, 0.25) is 0 Å². The van der Waals surface area contributed by atoms with Crippen LogP contribution in [0.5, 0.6) is 11.5 Å². The van der Waals surface area contributed by atoms with Crippen molar-refractivity contribution < 1.29 is 14.6 Å². The van der Waals surface area contributed by atoms with E-state index in [0.717, 1.165) is 31.5 Å². The van der Waals surface area contributed by atoms with E-state index >= 15 is 0 Å². The van der Waals surface area contributed by atoms with Crippen LogP contribution >= 0.6 is 0 Å². The molecule has 2 heterocycles. The molecule has 0 aromatic heterocycles. The molecule has 0 unspecified atom stereocenters. The maximum atomic E-state index is 12.0. The molecule has 16 heavy (non-hydrogen) atoms. The Morgan fingerprint density at radius 1 is 1.31 bits per heavy atom. The summed E-state index contributed by atoms with van der Waals surface area (Å²) in [7, 11) is 0. The van der Waals surface area contributed by atoms with Crippen LogP contribution in [0.15, 0.2) is 18.2 Å². The van der Waals surface area contributed by atoms with E-state index in [2.05, 4.69) is 5.32 Å². The molecular weight excluding hydrogens is 206 g/mol. The van der Waals surface area contributed by atoms with E-state index in [1.165, 1.54) is 0 Å². The topological polar surface area (TPSA) is 58.6 Å². The minimum absolute atomic E-state index is 0.0567. The summed E-state index contributed by atoms with van der Waals surface area (Å²) in [5.74, 6) is 0.196. The lowest BCUT2D eigenvalue weighted by molar-refractivity contribution is -0.139. The minimum atomic E-state index is -0.528. The van der Waals surface area contributed by atoms with Crippen LogP contribution in [0, 0.1) is 0 Å². The van der Waals surface area contributed by atoms with E-state index in [1.807, 2.05) is 6.07 Å². The molecule has 0 amide bonds. The highest BCUT2D eigenvalue weighted by Crippen LogP contribution is 2.48. The number of fused-ring (bicyclic) bond motifs is 2. The van der Waals surface area contributed by atoms with Crippen molar-refractivity contribution in [3.8, 4) is 11.5 Å². The van der Waals surface area contributed by atoms with Crippen molar-refractivity contribution in [2.24, 2.45) is 0 Å². The fourth-order valence-corrected chi connectivity index (χ4v) is 2.64. The van der Waals surface area contributed by atoms with Crippen LogP contribution in [0.4, 0.5) is 0 Å². The molecule has 2 N–H and O–H groups in total. The van der Waals surface area contributed by atoms with Gasteiger partial charge in [-0.25, -0.2) is 0 Å². The summed E-state index contributed by atoms with van der Waals surface area (Å²) in [5.41, 5.74) is 0.318. The molecule has 0 aliphatic carbocycles. The van der Waals surface area contributed by atoms with Gasteiger partial charge in [0.15, 0.2) is 11.5 Å².